The van der Waals surface area contributed by atoms with Crippen molar-refractivity contribution >= 4 is 16.7 Å². The monoisotopic (exact) mass is 361 g/mol. The van der Waals surface area contributed by atoms with Crippen molar-refractivity contribution in [1.82, 2.24) is 14.9 Å². The SMILES string of the molecule is COc1cc2cc(C3CCN(C(=O)c4cccnc4)CC3)ncc2cc1C. The normalized spacial score (nSPS) is 15.1. The van der Waals surface area contributed by atoms with Crippen molar-refractivity contribution in [3.8, 4) is 5.75 Å². The van der Waals surface area contributed by atoms with E-state index in [9.17, 15) is 4.79 Å². The molecule has 0 saturated carbocycles. The fourth-order valence-electron chi connectivity index (χ4n) is 3.80. The number of rotatable bonds is 3. The second kappa shape index (κ2) is 7.35. The van der Waals surface area contributed by atoms with Gasteiger partial charge in [-0.3, -0.25) is 14.8 Å². The van der Waals surface area contributed by atoms with E-state index >= 15 is 0 Å². The third kappa shape index (κ3) is 3.50. The highest BCUT2D eigenvalue weighted by Crippen LogP contribution is 2.31. The number of hydrogen-bond donors (Lipinski definition) is 0. The number of fused-ring (bicyclic) bond motifs is 1. The summed E-state index contributed by atoms with van der Waals surface area (Å²) in [7, 11) is 1.70. The standard InChI is InChI=1S/C22H23N3O2/c1-15-10-19-14-24-20(11-18(19)12-21(15)27-2)16-5-8-25(9-6-16)22(26)17-4-3-7-23-13-17/h3-4,7,10-14,16H,5-6,8-9H2,1-2H3. The van der Waals surface area contributed by atoms with Gasteiger partial charge in [-0.1, -0.05) is 0 Å². The highest BCUT2D eigenvalue weighted by Gasteiger charge is 2.25. The van der Waals surface area contributed by atoms with Crippen LogP contribution in [0.1, 0.15) is 40.4 Å². The van der Waals surface area contributed by atoms with Crippen LogP contribution in [0, 0.1) is 6.92 Å². The summed E-state index contributed by atoms with van der Waals surface area (Å²) in [4.78, 5) is 23.2. The molecule has 1 saturated heterocycles. The Bertz CT molecular complexity index is 964. The van der Waals surface area contributed by atoms with Crippen LogP contribution in [0.3, 0.4) is 0 Å². The van der Waals surface area contributed by atoms with Crippen LogP contribution in [-0.4, -0.2) is 41.0 Å². The van der Waals surface area contributed by atoms with Gasteiger partial charge >= 0.3 is 0 Å². The first-order valence-corrected chi connectivity index (χ1v) is 9.29. The van der Waals surface area contributed by atoms with Crippen molar-refractivity contribution in [3.63, 3.8) is 0 Å². The Morgan fingerprint density at radius 2 is 1.96 bits per heavy atom. The first kappa shape index (κ1) is 17.5. The maximum absolute atomic E-state index is 12.6. The molecule has 5 heteroatoms. The van der Waals surface area contributed by atoms with E-state index in [4.69, 9.17) is 9.72 Å². The number of benzene rings is 1. The van der Waals surface area contributed by atoms with Crippen molar-refractivity contribution in [3.05, 3.63) is 65.7 Å². The largest absolute Gasteiger partial charge is 0.496 e. The molecule has 27 heavy (non-hydrogen) atoms. The molecular weight excluding hydrogens is 338 g/mol. The van der Waals surface area contributed by atoms with E-state index in [-0.39, 0.29) is 5.91 Å². The van der Waals surface area contributed by atoms with E-state index in [0.29, 0.717) is 11.5 Å². The number of carbonyl (C=O) groups excluding carboxylic acids is 1. The Labute approximate surface area is 159 Å². The maximum atomic E-state index is 12.6. The number of aromatic nitrogens is 2. The average Bonchev–Trinajstić information content (AvgIpc) is 2.73. The molecule has 0 aliphatic carbocycles. The third-order valence-electron chi connectivity index (χ3n) is 5.37. The molecule has 2 aromatic heterocycles. The Kier molecular flexibility index (Phi) is 4.75. The lowest BCUT2D eigenvalue weighted by Crippen LogP contribution is -2.38. The maximum Gasteiger partial charge on any atom is 0.255 e. The van der Waals surface area contributed by atoms with Crippen LogP contribution in [0.25, 0.3) is 10.8 Å². The predicted molar refractivity (Wildman–Crippen MR) is 105 cm³/mol. The predicted octanol–water partition coefficient (Wildman–Crippen LogP) is 3.97. The first-order chi connectivity index (χ1) is 13.2. The summed E-state index contributed by atoms with van der Waals surface area (Å²) < 4.78 is 5.45. The summed E-state index contributed by atoms with van der Waals surface area (Å²) >= 11 is 0. The van der Waals surface area contributed by atoms with E-state index in [1.165, 1.54) is 0 Å². The summed E-state index contributed by atoms with van der Waals surface area (Å²) in [6, 6.07) is 9.98. The summed E-state index contributed by atoms with van der Waals surface area (Å²) in [6.45, 7) is 3.53. The number of hydrogen-bond acceptors (Lipinski definition) is 4. The molecule has 0 atom stereocenters. The number of methoxy groups -OCH3 is 1. The van der Waals surface area contributed by atoms with Crippen LogP contribution in [0.4, 0.5) is 0 Å². The van der Waals surface area contributed by atoms with E-state index in [0.717, 1.165) is 53.7 Å². The molecule has 138 valence electrons. The molecule has 3 heterocycles. The lowest BCUT2D eigenvalue weighted by atomic mass is 9.91. The molecule has 1 aliphatic rings. The minimum Gasteiger partial charge on any atom is -0.496 e. The summed E-state index contributed by atoms with van der Waals surface area (Å²) in [5, 5.41) is 2.28. The number of ether oxygens (including phenoxy) is 1. The Morgan fingerprint density at radius 3 is 2.67 bits per heavy atom. The van der Waals surface area contributed by atoms with Crippen molar-refractivity contribution < 1.29 is 9.53 Å². The first-order valence-electron chi connectivity index (χ1n) is 9.29. The second-order valence-corrected chi connectivity index (χ2v) is 7.09. The van der Waals surface area contributed by atoms with Gasteiger partial charge in [0.15, 0.2) is 0 Å². The highest BCUT2D eigenvalue weighted by atomic mass is 16.5. The van der Waals surface area contributed by atoms with Crippen LogP contribution < -0.4 is 4.74 Å². The van der Waals surface area contributed by atoms with E-state index in [1.54, 1.807) is 25.6 Å². The molecule has 0 radical (unpaired) electrons. The van der Waals surface area contributed by atoms with Gasteiger partial charge in [-0.25, -0.2) is 0 Å². The van der Waals surface area contributed by atoms with Crippen LogP contribution >= 0.6 is 0 Å². The summed E-state index contributed by atoms with van der Waals surface area (Å²) in [5.41, 5.74) is 2.87. The molecule has 3 aromatic rings. The quantitative estimate of drug-likeness (QED) is 0.708. The van der Waals surface area contributed by atoms with E-state index < -0.39 is 0 Å². The average molecular weight is 361 g/mol. The Morgan fingerprint density at radius 1 is 1.15 bits per heavy atom. The van der Waals surface area contributed by atoms with E-state index in [2.05, 4.69) is 23.2 Å². The number of nitrogens with zero attached hydrogens (tertiary/aromatic N) is 3. The van der Waals surface area contributed by atoms with Gasteiger partial charge in [-0.15, -0.1) is 0 Å². The topological polar surface area (TPSA) is 55.3 Å². The summed E-state index contributed by atoms with van der Waals surface area (Å²) in [6.07, 6.45) is 7.12. The number of aryl methyl sites for hydroxylation is 1. The molecule has 1 aromatic carbocycles. The van der Waals surface area contributed by atoms with Crippen molar-refractivity contribution in [2.45, 2.75) is 25.7 Å². The number of carbonyl (C=O) groups is 1. The van der Waals surface area contributed by atoms with Gasteiger partial charge in [0.2, 0.25) is 0 Å². The Balaban J connectivity index is 1.49. The van der Waals surface area contributed by atoms with Crippen LogP contribution in [-0.2, 0) is 0 Å². The minimum atomic E-state index is 0.0632. The van der Waals surface area contributed by atoms with Gasteiger partial charge in [-0.05, 0) is 61.0 Å². The number of amides is 1. The molecule has 0 N–H and O–H groups in total. The molecule has 5 nitrogen and oxygen atoms in total. The molecule has 0 unspecified atom stereocenters. The lowest BCUT2D eigenvalue weighted by molar-refractivity contribution is 0.0711. The summed E-state index contributed by atoms with van der Waals surface area (Å²) in [5.74, 6) is 1.34. The lowest BCUT2D eigenvalue weighted by Gasteiger charge is -2.31. The smallest absolute Gasteiger partial charge is 0.255 e. The van der Waals surface area contributed by atoms with Gasteiger partial charge in [-0.2, -0.15) is 0 Å². The van der Waals surface area contributed by atoms with Crippen molar-refractivity contribution in [2.75, 3.05) is 20.2 Å². The molecule has 4 rings (SSSR count). The zero-order valence-corrected chi connectivity index (χ0v) is 15.7. The fourth-order valence-corrected chi connectivity index (χ4v) is 3.80. The van der Waals surface area contributed by atoms with Gasteiger partial charge in [0, 0.05) is 48.7 Å². The van der Waals surface area contributed by atoms with Crippen LogP contribution in [0.2, 0.25) is 0 Å². The molecule has 0 spiro atoms. The van der Waals surface area contributed by atoms with Gasteiger partial charge < -0.3 is 9.64 Å². The van der Waals surface area contributed by atoms with Gasteiger partial charge in [0.05, 0.1) is 12.7 Å². The Hall–Kier alpha value is -2.95. The molecule has 1 aliphatic heterocycles. The fraction of sp³-hybridized carbons (Fsp3) is 0.318. The van der Waals surface area contributed by atoms with E-state index in [1.807, 2.05) is 24.1 Å². The zero-order valence-electron chi connectivity index (χ0n) is 15.7. The van der Waals surface area contributed by atoms with Crippen molar-refractivity contribution in [1.29, 1.82) is 0 Å². The number of pyridine rings is 2. The number of piperidine rings is 1. The third-order valence-corrected chi connectivity index (χ3v) is 5.37. The molecular formula is C22H23N3O2. The highest BCUT2D eigenvalue weighted by molar-refractivity contribution is 5.94. The zero-order chi connectivity index (χ0) is 18.8. The van der Waals surface area contributed by atoms with Crippen LogP contribution in [0.15, 0.2) is 48.9 Å². The second-order valence-electron chi connectivity index (χ2n) is 7.09. The minimum absolute atomic E-state index is 0.0632. The molecule has 1 amide bonds. The van der Waals surface area contributed by atoms with Gasteiger partial charge in [0.1, 0.15) is 5.75 Å². The molecule has 0 bridgehead atoms. The van der Waals surface area contributed by atoms with Crippen LogP contribution in [0.5, 0.6) is 5.75 Å². The van der Waals surface area contributed by atoms with Gasteiger partial charge in [0.25, 0.3) is 5.91 Å². The number of likely N-dealkylation sites (tertiary alicyclic amines) is 1. The van der Waals surface area contributed by atoms with Crippen molar-refractivity contribution in [2.24, 2.45) is 0 Å². The molecule has 1 fully saturated rings.